The number of nitrogens with zero attached hydrogens (tertiary/aromatic N) is 1. The van der Waals surface area contributed by atoms with Gasteiger partial charge in [-0.05, 0) is 29.7 Å². The minimum Gasteiger partial charge on any atom is -0.383 e. The zero-order valence-corrected chi connectivity index (χ0v) is 11.5. The molecule has 0 bridgehead atoms. The van der Waals surface area contributed by atoms with Gasteiger partial charge < -0.3 is 10.1 Å². The van der Waals surface area contributed by atoms with Crippen LogP contribution in [0.2, 0.25) is 0 Å². The van der Waals surface area contributed by atoms with Crippen molar-refractivity contribution in [3.63, 3.8) is 0 Å². The number of benzene rings is 1. The van der Waals surface area contributed by atoms with E-state index in [1.807, 2.05) is 12.3 Å². The molecule has 0 aliphatic carbocycles. The van der Waals surface area contributed by atoms with Gasteiger partial charge in [0.05, 0.1) is 6.61 Å². The molecular formula is C16H20N2O. The van der Waals surface area contributed by atoms with Crippen LogP contribution in [-0.2, 0) is 4.74 Å². The van der Waals surface area contributed by atoms with Crippen LogP contribution in [0.4, 0.5) is 0 Å². The number of methoxy groups -OCH3 is 1. The van der Waals surface area contributed by atoms with Gasteiger partial charge in [-0.3, -0.25) is 4.98 Å². The molecule has 1 N–H and O–H groups in total. The van der Waals surface area contributed by atoms with Gasteiger partial charge >= 0.3 is 0 Å². The summed E-state index contributed by atoms with van der Waals surface area (Å²) in [6.07, 6.45) is 3.68. The smallest absolute Gasteiger partial charge is 0.0587 e. The fraction of sp³-hybridized carbons (Fsp3) is 0.312. The van der Waals surface area contributed by atoms with Crippen molar-refractivity contribution in [2.24, 2.45) is 0 Å². The Morgan fingerprint density at radius 2 is 1.95 bits per heavy atom. The van der Waals surface area contributed by atoms with E-state index in [1.54, 1.807) is 13.3 Å². The fourth-order valence-electron chi connectivity index (χ4n) is 1.99. The minimum atomic E-state index is 0.332. The molecule has 0 radical (unpaired) electrons. The Morgan fingerprint density at radius 1 is 1.16 bits per heavy atom. The third-order valence-corrected chi connectivity index (χ3v) is 3.16. The molecule has 0 spiro atoms. The van der Waals surface area contributed by atoms with Gasteiger partial charge in [-0.15, -0.1) is 0 Å². The Labute approximate surface area is 114 Å². The summed E-state index contributed by atoms with van der Waals surface area (Å²) in [5, 5.41) is 3.42. The first-order chi connectivity index (χ1) is 9.31. The van der Waals surface area contributed by atoms with Gasteiger partial charge in [-0.25, -0.2) is 0 Å². The van der Waals surface area contributed by atoms with E-state index in [4.69, 9.17) is 4.74 Å². The minimum absolute atomic E-state index is 0.332. The van der Waals surface area contributed by atoms with Crippen LogP contribution in [0.25, 0.3) is 11.1 Å². The number of hydrogen-bond donors (Lipinski definition) is 1. The summed E-state index contributed by atoms with van der Waals surface area (Å²) in [4.78, 5) is 4.14. The van der Waals surface area contributed by atoms with Crippen molar-refractivity contribution in [2.75, 3.05) is 20.3 Å². The standard InChI is InChI=1S/C16H20N2O/c1-13(18-10-11-19-2)14-5-7-15(8-6-14)16-4-3-9-17-12-16/h3-9,12-13,18H,10-11H2,1-2H3/t13-/m1/s1. The molecule has 2 rings (SSSR count). The van der Waals surface area contributed by atoms with Crippen molar-refractivity contribution in [1.82, 2.24) is 10.3 Å². The number of pyridine rings is 1. The van der Waals surface area contributed by atoms with E-state index in [0.29, 0.717) is 6.04 Å². The monoisotopic (exact) mass is 256 g/mol. The number of hydrogen-bond acceptors (Lipinski definition) is 3. The van der Waals surface area contributed by atoms with Gasteiger partial charge in [0.1, 0.15) is 0 Å². The SMILES string of the molecule is COCCN[C@H](C)c1ccc(-c2cccnc2)cc1. The summed E-state index contributed by atoms with van der Waals surface area (Å²) in [5.41, 5.74) is 3.62. The summed E-state index contributed by atoms with van der Waals surface area (Å²) >= 11 is 0. The van der Waals surface area contributed by atoms with Crippen LogP contribution in [0.5, 0.6) is 0 Å². The van der Waals surface area contributed by atoms with E-state index in [-0.39, 0.29) is 0 Å². The van der Waals surface area contributed by atoms with Crippen LogP contribution in [0.15, 0.2) is 48.8 Å². The maximum absolute atomic E-state index is 5.04. The summed E-state index contributed by atoms with van der Waals surface area (Å²) in [5.74, 6) is 0. The lowest BCUT2D eigenvalue weighted by Gasteiger charge is -2.14. The first-order valence-electron chi connectivity index (χ1n) is 6.54. The van der Waals surface area contributed by atoms with Crippen molar-refractivity contribution >= 4 is 0 Å². The number of rotatable bonds is 6. The van der Waals surface area contributed by atoms with Gasteiger partial charge in [0, 0.05) is 32.1 Å². The Morgan fingerprint density at radius 3 is 2.58 bits per heavy atom. The Kier molecular flexibility index (Phi) is 5.07. The lowest BCUT2D eigenvalue weighted by atomic mass is 10.0. The zero-order chi connectivity index (χ0) is 13.5. The van der Waals surface area contributed by atoms with E-state index >= 15 is 0 Å². The molecule has 0 saturated carbocycles. The predicted octanol–water partition coefficient (Wildman–Crippen LogP) is 3.05. The Bertz CT molecular complexity index is 482. The van der Waals surface area contributed by atoms with E-state index in [9.17, 15) is 0 Å². The molecule has 0 fully saturated rings. The molecule has 19 heavy (non-hydrogen) atoms. The molecule has 0 aliphatic heterocycles. The topological polar surface area (TPSA) is 34.1 Å². The summed E-state index contributed by atoms with van der Waals surface area (Å²) < 4.78 is 5.04. The van der Waals surface area contributed by atoms with Crippen LogP contribution in [0.1, 0.15) is 18.5 Å². The largest absolute Gasteiger partial charge is 0.383 e. The van der Waals surface area contributed by atoms with E-state index in [0.717, 1.165) is 18.7 Å². The molecule has 3 heteroatoms. The molecule has 1 atom stereocenters. The number of ether oxygens (including phenoxy) is 1. The Balaban J connectivity index is 2.02. The van der Waals surface area contributed by atoms with Crippen LogP contribution in [0.3, 0.4) is 0 Å². The highest BCUT2D eigenvalue weighted by Gasteiger charge is 2.04. The fourth-order valence-corrected chi connectivity index (χ4v) is 1.99. The average Bonchev–Trinajstić information content (AvgIpc) is 2.48. The van der Waals surface area contributed by atoms with Crippen molar-refractivity contribution in [3.8, 4) is 11.1 Å². The van der Waals surface area contributed by atoms with Gasteiger partial charge in [-0.2, -0.15) is 0 Å². The van der Waals surface area contributed by atoms with Gasteiger partial charge in [0.25, 0.3) is 0 Å². The quantitative estimate of drug-likeness (QED) is 0.807. The van der Waals surface area contributed by atoms with E-state index in [2.05, 4.69) is 47.6 Å². The summed E-state index contributed by atoms with van der Waals surface area (Å²) in [6.45, 7) is 3.76. The van der Waals surface area contributed by atoms with E-state index < -0.39 is 0 Å². The van der Waals surface area contributed by atoms with Crippen LogP contribution < -0.4 is 5.32 Å². The third kappa shape index (κ3) is 3.88. The van der Waals surface area contributed by atoms with Crippen LogP contribution in [-0.4, -0.2) is 25.2 Å². The van der Waals surface area contributed by atoms with E-state index in [1.165, 1.54) is 11.1 Å². The van der Waals surface area contributed by atoms with Crippen LogP contribution in [0, 0.1) is 0 Å². The highest BCUT2D eigenvalue weighted by molar-refractivity contribution is 5.62. The zero-order valence-electron chi connectivity index (χ0n) is 11.5. The second-order valence-corrected chi connectivity index (χ2v) is 4.53. The molecule has 0 amide bonds. The molecular weight excluding hydrogens is 236 g/mol. The highest BCUT2D eigenvalue weighted by Crippen LogP contribution is 2.20. The van der Waals surface area contributed by atoms with Crippen molar-refractivity contribution in [1.29, 1.82) is 0 Å². The highest BCUT2D eigenvalue weighted by atomic mass is 16.5. The molecule has 0 aliphatic rings. The van der Waals surface area contributed by atoms with Gasteiger partial charge in [0.2, 0.25) is 0 Å². The molecule has 0 saturated heterocycles. The first kappa shape index (κ1) is 13.7. The molecule has 1 heterocycles. The molecule has 100 valence electrons. The van der Waals surface area contributed by atoms with Crippen LogP contribution >= 0.6 is 0 Å². The summed E-state index contributed by atoms with van der Waals surface area (Å²) in [7, 11) is 1.72. The van der Waals surface area contributed by atoms with Gasteiger partial charge in [0.15, 0.2) is 0 Å². The first-order valence-corrected chi connectivity index (χ1v) is 6.54. The predicted molar refractivity (Wildman–Crippen MR) is 78.0 cm³/mol. The maximum Gasteiger partial charge on any atom is 0.0587 e. The van der Waals surface area contributed by atoms with Crippen molar-refractivity contribution < 1.29 is 4.74 Å². The number of aromatic nitrogens is 1. The Hall–Kier alpha value is -1.71. The molecule has 1 aromatic carbocycles. The van der Waals surface area contributed by atoms with Gasteiger partial charge in [-0.1, -0.05) is 30.3 Å². The molecule has 2 aromatic rings. The average molecular weight is 256 g/mol. The molecule has 3 nitrogen and oxygen atoms in total. The third-order valence-electron chi connectivity index (χ3n) is 3.16. The lowest BCUT2D eigenvalue weighted by molar-refractivity contribution is 0.196. The van der Waals surface area contributed by atoms with Crippen molar-refractivity contribution in [2.45, 2.75) is 13.0 Å². The second kappa shape index (κ2) is 7.02. The maximum atomic E-state index is 5.04. The molecule has 1 aromatic heterocycles. The lowest BCUT2D eigenvalue weighted by Crippen LogP contribution is -2.22. The normalized spacial score (nSPS) is 12.3. The number of nitrogens with one attached hydrogen (secondary N) is 1. The van der Waals surface area contributed by atoms with Crippen molar-refractivity contribution in [3.05, 3.63) is 54.4 Å². The molecule has 0 unspecified atom stereocenters. The summed E-state index contributed by atoms with van der Waals surface area (Å²) in [6, 6.07) is 13.0. The second-order valence-electron chi connectivity index (χ2n) is 4.53.